The van der Waals surface area contributed by atoms with Crippen LogP contribution in [0.3, 0.4) is 0 Å². The Morgan fingerprint density at radius 1 is 1.15 bits per heavy atom. The van der Waals surface area contributed by atoms with Gasteiger partial charge in [0.15, 0.2) is 0 Å². The van der Waals surface area contributed by atoms with Crippen molar-refractivity contribution >= 4 is 11.7 Å². The standard InChI is InChI=1S/C21H26N4O/c1-14(2)19-6-5-11-25(19)21(26)17-9-7-16(8-10-17)18-12-20(23-13-22-18)24-15(3)4/h5-10,12-15,19H,11H2,1-4H3,(H,22,23,24)/t19-/m0/s1. The fraction of sp³-hybridized carbons (Fsp3) is 0.381. The third-order valence-corrected chi connectivity index (χ3v) is 4.47. The normalized spacial score (nSPS) is 16.5. The molecule has 1 aliphatic heterocycles. The number of rotatable bonds is 5. The summed E-state index contributed by atoms with van der Waals surface area (Å²) in [5, 5.41) is 3.28. The molecule has 0 spiro atoms. The minimum absolute atomic E-state index is 0.0742. The van der Waals surface area contributed by atoms with Gasteiger partial charge in [-0.2, -0.15) is 0 Å². The van der Waals surface area contributed by atoms with E-state index in [1.165, 1.54) is 0 Å². The van der Waals surface area contributed by atoms with Gasteiger partial charge in [0.1, 0.15) is 12.1 Å². The molecule has 1 amide bonds. The van der Waals surface area contributed by atoms with Gasteiger partial charge in [0.25, 0.3) is 5.91 Å². The number of hydrogen-bond acceptors (Lipinski definition) is 4. The molecule has 1 aromatic carbocycles. The van der Waals surface area contributed by atoms with Crippen LogP contribution < -0.4 is 5.32 Å². The number of amides is 1. The van der Waals surface area contributed by atoms with Crippen LogP contribution in [0, 0.1) is 5.92 Å². The van der Waals surface area contributed by atoms with E-state index in [1.807, 2.05) is 35.2 Å². The van der Waals surface area contributed by atoms with E-state index >= 15 is 0 Å². The molecule has 3 rings (SSSR count). The highest BCUT2D eigenvalue weighted by Gasteiger charge is 2.27. The molecule has 1 aromatic heterocycles. The molecule has 0 fully saturated rings. The lowest BCUT2D eigenvalue weighted by Gasteiger charge is -2.27. The second-order valence-electron chi connectivity index (χ2n) is 7.29. The highest BCUT2D eigenvalue weighted by molar-refractivity contribution is 5.95. The Balaban J connectivity index is 1.77. The summed E-state index contributed by atoms with van der Waals surface area (Å²) >= 11 is 0. The van der Waals surface area contributed by atoms with E-state index in [9.17, 15) is 4.79 Å². The summed E-state index contributed by atoms with van der Waals surface area (Å²) in [6.07, 6.45) is 5.75. The van der Waals surface area contributed by atoms with E-state index < -0.39 is 0 Å². The summed E-state index contributed by atoms with van der Waals surface area (Å²) in [6.45, 7) is 9.10. The van der Waals surface area contributed by atoms with Crippen molar-refractivity contribution in [1.29, 1.82) is 0 Å². The van der Waals surface area contributed by atoms with Crippen molar-refractivity contribution in [3.05, 3.63) is 54.4 Å². The number of hydrogen-bond donors (Lipinski definition) is 1. The van der Waals surface area contributed by atoms with Crippen LogP contribution in [-0.4, -0.2) is 39.4 Å². The molecule has 1 N–H and O–H groups in total. The molecule has 2 heterocycles. The first-order valence-corrected chi connectivity index (χ1v) is 9.12. The number of nitrogens with zero attached hydrogens (tertiary/aromatic N) is 3. The Morgan fingerprint density at radius 2 is 1.88 bits per heavy atom. The second-order valence-corrected chi connectivity index (χ2v) is 7.29. The van der Waals surface area contributed by atoms with Crippen LogP contribution >= 0.6 is 0 Å². The molecule has 0 unspecified atom stereocenters. The smallest absolute Gasteiger partial charge is 0.254 e. The summed E-state index contributed by atoms with van der Waals surface area (Å²) in [6, 6.07) is 10.1. The minimum Gasteiger partial charge on any atom is -0.368 e. The number of aromatic nitrogens is 2. The highest BCUT2D eigenvalue weighted by Crippen LogP contribution is 2.23. The van der Waals surface area contributed by atoms with Crippen molar-refractivity contribution in [2.24, 2.45) is 5.92 Å². The van der Waals surface area contributed by atoms with Crippen molar-refractivity contribution < 1.29 is 4.79 Å². The maximum atomic E-state index is 12.8. The summed E-state index contributed by atoms with van der Waals surface area (Å²) in [4.78, 5) is 23.3. The first-order valence-electron chi connectivity index (χ1n) is 9.12. The number of anilines is 1. The maximum absolute atomic E-state index is 12.8. The number of nitrogens with one attached hydrogen (secondary N) is 1. The van der Waals surface area contributed by atoms with Crippen molar-refractivity contribution in [2.75, 3.05) is 11.9 Å². The Labute approximate surface area is 155 Å². The monoisotopic (exact) mass is 350 g/mol. The topological polar surface area (TPSA) is 58.1 Å². The molecule has 1 atom stereocenters. The zero-order chi connectivity index (χ0) is 18.7. The van der Waals surface area contributed by atoms with Crippen molar-refractivity contribution in [3.8, 4) is 11.3 Å². The first-order chi connectivity index (χ1) is 12.5. The van der Waals surface area contributed by atoms with Gasteiger partial charge in [-0.1, -0.05) is 38.1 Å². The van der Waals surface area contributed by atoms with Crippen molar-refractivity contribution in [3.63, 3.8) is 0 Å². The zero-order valence-electron chi connectivity index (χ0n) is 15.8. The number of carbonyl (C=O) groups excluding carboxylic acids is 1. The van der Waals surface area contributed by atoms with Gasteiger partial charge in [-0.3, -0.25) is 4.79 Å². The number of carbonyl (C=O) groups is 1. The van der Waals surface area contributed by atoms with Gasteiger partial charge in [-0.15, -0.1) is 0 Å². The van der Waals surface area contributed by atoms with Gasteiger partial charge >= 0.3 is 0 Å². The van der Waals surface area contributed by atoms with E-state index in [-0.39, 0.29) is 11.9 Å². The largest absolute Gasteiger partial charge is 0.368 e. The Bertz CT molecular complexity index is 796. The maximum Gasteiger partial charge on any atom is 0.254 e. The average Bonchev–Trinajstić information content (AvgIpc) is 3.11. The average molecular weight is 350 g/mol. The molecule has 136 valence electrons. The van der Waals surface area contributed by atoms with Gasteiger partial charge in [0.05, 0.1) is 11.7 Å². The SMILES string of the molecule is CC(C)Nc1cc(-c2ccc(C(=O)N3CC=C[C@H]3C(C)C)cc2)ncn1. The Hall–Kier alpha value is -2.69. The molecule has 26 heavy (non-hydrogen) atoms. The fourth-order valence-electron chi connectivity index (χ4n) is 3.18. The summed E-state index contributed by atoms with van der Waals surface area (Å²) in [7, 11) is 0. The Kier molecular flexibility index (Phi) is 5.35. The predicted molar refractivity (Wildman–Crippen MR) is 105 cm³/mol. The van der Waals surface area contributed by atoms with Gasteiger partial charge in [0.2, 0.25) is 0 Å². The van der Waals surface area contributed by atoms with Crippen LogP contribution in [0.25, 0.3) is 11.3 Å². The molecule has 1 aliphatic rings. The fourth-order valence-corrected chi connectivity index (χ4v) is 3.18. The van der Waals surface area contributed by atoms with Crippen LogP contribution in [0.2, 0.25) is 0 Å². The lowest BCUT2D eigenvalue weighted by Crippen LogP contribution is -2.38. The lowest BCUT2D eigenvalue weighted by molar-refractivity contribution is 0.0720. The second kappa shape index (κ2) is 7.68. The van der Waals surface area contributed by atoms with Crippen LogP contribution in [-0.2, 0) is 0 Å². The van der Waals surface area contributed by atoms with E-state index in [0.717, 1.165) is 17.1 Å². The predicted octanol–water partition coefficient (Wildman–Crippen LogP) is 4.00. The first kappa shape index (κ1) is 18.1. The molecular formula is C21H26N4O. The highest BCUT2D eigenvalue weighted by atomic mass is 16.2. The van der Waals surface area contributed by atoms with Crippen molar-refractivity contribution in [1.82, 2.24) is 14.9 Å². The van der Waals surface area contributed by atoms with Gasteiger partial charge in [0, 0.05) is 29.8 Å². The molecule has 0 saturated heterocycles. The Morgan fingerprint density at radius 3 is 2.54 bits per heavy atom. The van der Waals surface area contributed by atoms with Crippen LogP contribution in [0.4, 0.5) is 5.82 Å². The molecule has 0 aliphatic carbocycles. The summed E-state index contributed by atoms with van der Waals surface area (Å²) in [5.74, 6) is 1.28. The van der Waals surface area contributed by atoms with E-state index in [1.54, 1.807) is 6.33 Å². The summed E-state index contributed by atoms with van der Waals surface area (Å²) in [5.41, 5.74) is 2.51. The van der Waals surface area contributed by atoms with Gasteiger partial charge in [-0.25, -0.2) is 9.97 Å². The van der Waals surface area contributed by atoms with E-state index in [2.05, 4.69) is 55.1 Å². The van der Waals surface area contributed by atoms with E-state index in [0.29, 0.717) is 24.1 Å². The zero-order valence-corrected chi connectivity index (χ0v) is 15.8. The van der Waals surface area contributed by atoms with Gasteiger partial charge in [-0.05, 0) is 31.9 Å². The molecule has 5 nitrogen and oxygen atoms in total. The van der Waals surface area contributed by atoms with Crippen LogP contribution in [0.1, 0.15) is 38.1 Å². The lowest BCUT2D eigenvalue weighted by atomic mass is 10.0. The van der Waals surface area contributed by atoms with Crippen LogP contribution in [0.5, 0.6) is 0 Å². The van der Waals surface area contributed by atoms with Crippen LogP contribution in [0.15, 0.2) is 48.8 Å². The molecular weight excluding hydrogens is 324 g/mol. The quantitative estimate of drug-likeness (QED) is 0.828. The summed E-state index contributed by atoms with van der Waals surface area (Å²) < 4.78 is 0. The number of benzene rings is 1. The third kappa shape index (κ3) is 3.93. The third-order valence-electron chi connectivity index (χ3n) is 4.47. The molecule has 2 aromatic rings. The molecule has 0 bridgehead atoms. The van der Waals surface area contributed by atoms with E-state index in [4.69, 9.17) is 0 Å². The molecule has 5 heteroatoms. The minimum atomic E-state index is 0.0742. The van der Waals surface area contributed by atoms with Gasteiger partial charge < -0.3 is 10.2 Å². The molecule has 0 radical (unpaired) electrons. The molecule has 0 saturated carbocycles. The van der Waals surface area contributed by atoms with Crippen molar-refractivity contribution in [2.45, 2.75) is 39.8 Å².